The summed E-state index contributed by atoms with van der Waals surface area (Å²) in [5.41, 5.74) is -0.758. The second-order valence-electron chi connectivity index (χ2n) is 6.47. The van der Waals surface area contributed by atoms with E-state index in [0.29, 0.717) is 6.61 Å². The van der Waals surface area contributed by atoms with E-state index in [2.05, 4.69) is 27.7 Å². The first kappa shape index (κ1) is 16.1. The molecule has 0 saturated carbocycles. The number of hydrogen-bond donors (Lipinski definition) is 0. The van der Waals surface area contributed by atoms with Crippen LogP contribution in [-0.4, -0.2) is 51.9 Å². The molecule has 3 saturated heterocycles. The standard InChI is InChI=1S/C13H23ClO6Si/c1-7(2)21(8(3)4)16-6-9-10(19-20-21)13(11(14)18-13)12(15-5)17-9/h7-12H,6H2,1-5H3/t9-,10?,11+,12-,13?/m1/s1. The molecule has 0 aliphatic carbocycles. The maximum atomic E-state index is 6.19. The van der Waals surface area contributed by atoms with Crippen molar-refractivity contribution >= 4 is 20.2 Å². The van der Waals surface area contributed by atoms with Crippen LogP contribution in [0.3, 0.4) is 0 Å². The van der Waals surface area contributed by atoms with Crippen molar-refractivity contribution in [3.05, 3.63) is 0 Å². The molecule has 0 aromatic heterocycles. The van der Waals surface area contributed by atoms with Crippen molar-refractivity contribution in [3.8, 4) is 0 Å². The highest BCUT2D eigenvalue weighted by Crippen LogP contribution is 2.55. The third-order valence-corrected chi connectivity index (χ3v) is 9.26. The third-order valence-electron chi connectivity index (χ3n) is 4.63. The first-order chi connectivity index (χ1) is 9.88. The van der Waals surface area contributed by atoms with Crippen LogP contribution in [0, 0.1) is 0 Å². The molecular weight excluding hydrogens is 316 g/mol. The molecule has 6 nitrogen and oxygen atoms in total. The molecule has 5 atom stereocenters. The van der Waals surface area contributed by atoms with Crippen LogP contribution < -0.4 is 0 Å². The zero-order valence-corrected chi connectivity index (χ0v) is 14.8. The van der Waals surface area contributed by atoms with E-state index in [1.807, 2.05) is 0 Å². The fraction of sp³-hybridized carbons (Fsp3) is 1.00. The van der Waals surface area contributed by atoms with Crippen LogP contribution >= 0.6 is 11.6 Å². The lowest BCUT2D eigenvalue weighted by Gasteiger charge is -2.34. The first-order valence-electron chi connectivity index (χ1n) is 7.37. The average Bonchev–Trinajstić information content (AvgIpc) is 3.04. The average molecular weight is 339 g/mol. The summed E-state index contributed by atoms with van der Waals surface area (Å²) in [7, 11) is -0.923. The minimum Gasteiger partial charge on any atom is -0.390 e. The number of alkyl halides is 1. The molecule has 3 rings (SSSR count). The molecule has 3 aliphatic rings. The van der Waals surface area contributed by atoms with Gasteiger partial charge in [0.05, 0.1) is 6.61 Å². The van der Waals surface area contributed by atoms with Crippen molar-refractivity contribution in [2.45, 2.75) is 68.4 Å². The maximum absolute atomic E-state index is 6.19. The fourth-order valence-corrected chi connectivity index (χ4v) is 6.82. The van der Waals surface area contributed by atoms with Gasteiger partial charge in [0.15, 0.2) is 23.6 Å². The van der Waals surface area contributed by atoms with Crippen molar-refractivity contribution in [1.29, 1.82) is 0 Å². The van der Waals surface area contributed by atoms with E-state index < -0.39 is 32.1 Å². The second kappa shape index (κ2) is 5.42. The lowest BCUT2D eigenvalue weighted by molar-refractivity contribution is -0.275. The quantitative estimate of drug-likeness (QED) is 0.340. The molecular formula is C13H23ClO6Si. The maximum Gasteiger partial charge on any atom is 0.380 e. The Morgan fingerprint density at radius 2 is 1.86 bits per heavy atom. The molecule has 0 aromatic rings. The molecule has 3 heterocycles. The largest absolute Gasteiger partial charge is 0.390 e. The van der Waals surface area contributed by atoms with Gasteiger partial charge in [-0.25, -0.2) is 4.89 Å². The molecule has 122 valence electrons. The summed E-state index contributed by atoms with van der Waals surface area (Å²) < 4.78 is 28.8. The van der Waals surface area contributed by atoms with Gasteiger partial charge in [0, 0.05) is 7.11 Å². The molecule has 0 aromatic carbocycles. The summed E-state index contributed by atoms with van der Waals surface area (Å²) in [4.78, 5) is 5.77. The molecule has 0 bridgehead atoms. The molecule has 0 N–H and O–H groups in total. The summed E-state index contributed by atoms with van der Waals surface area (Å²) in [5.74, 6) is 0. The van der Waals surface area contributed by atoms with Crippen LogP contribution in [0.15, 0.2) is 0 Å². The topological polar surface area (TPSA) is 58.7 Å². The zero-order chi connectivity index (χ0) is 15.4. The lowest BCUT2D eigenvalue weighted by Crippen LogP contribution is -2.48. The Morgan fingerprint density at radius 1 is 1.24 bits per heavy atom. The summed E-state index contributed by atoms with van der Waals surface area (Å²) in [6, 6.07) is 0. The Morgan fingerprint density at radius 3 is 2.33 bits per heavy atom. The number of halogens is 1. The minimum absolute atomic E-state index is 0.261. The first-order valence-corrected chi connectivity index (χ1v) is 9.77. The van der Waals surface area contributed by atoms with E-state index in [-0.39, 0.29) is 17.2 Å². The van der Waals surface area contributed by atoms with Gasteiger partial charge in [-0.1, -0.05) is 39.3 Å². The van der Waals surface area contributed by atoms with Crippen LogP contribution in [-0.2, 0) is 28.1 Å². The summed E-state index contributed by atoms with van der Waals surface area (Å²) in [6.07, 6.45) is -1.29. The molecule has 21 heavy (non-hydrogen) atoms. The van der Waals surface area contributed by atoms with Gasteiger partial charge >= 0.3 is 8.56 Å². The zero-order valence-electron chi connectivity index (χ0n) is 13.0. The van der Waals surface area contributed by atoms with Gasteiger partial charge in [0.1, 0.15) is 6.10 Å². The van der Waals surface area contributed by atoms with Crippen molar-refractivity contribution in [2.75, 3.05) is 13.7 Å². The predicted molar refractivity (Wildman–Crippen MR) is 77.0 cm³/mol. The molecule has 1 spiro atoms. The monoisotopic (exact) mass is 338 g/mol. The molecule has 8 heteroatoms. The molecule has 3 fully saturated rings. The summed E-state index contributed by atoms with van der Waals surface area (Å²) in [6.45, 7) is 8.81. The summed E-state index contributed by atoms with van der Waals surface area (Å²) >= 11 is 6.14. The van der Waals surface area contributed by atoms with E-state index in [1.54, 1.807) is 7.11 Å². The van der Waals surface area contributed by atoms with Gasteiger partial charge in [-0.15, -0.1) is 0 Å². The Balaban J connectivity index is 1.82. The highest BCUT2D eigenvalue weighted by molar-refractivity contribution is 6.70. The SMILES string of the molecule is CO[C@@H]1O[C@@H]2CO[Si](C(C)C)(C(C)C)OOC2C12O[C@@H]2Cl. The minimum atomic E-state index is -2.48. The number of ether oxygens (including phenoxy) is 3. The van der Waals surface area contributed by atoms with Crippen molar-refractivity contribution < 1.29 is 28.1 Å². The molecule has 0 amide bonds. The lowest BCUT2D eigenvalue weighted by atomic mass is 10.0. The van der Waals surface area contributed by atoms with Crippen LogP contribution in [0.4, 0.5) is 0 Å². The normalized spacial score (nSPS) is 45.1. The van der Waals surface area contributed by atoms with E-state index in [9.17, 15) is 0 Å². The Bertz CT molecular complexity index is 400. The second-order valence-corrected chi connectivity index (χ2v) is 11.1. The van der Waals surface area contributed by atoms with Crippen LogP contribution in [0.5, 0.6) is 0 Å². The van der Waals surface area contributed by atoms with Crippen LogP contribution in [0.2, 0.25) is 11.1 Å². The molecule has 2 unspecified atom stereocenters. The Labute approximate surface area is 131 Å². The van der Waals surface area contributed by atoms with Crippen molar-refractivity contribution in [1.82, 2.24) is 0 Å². The third kappa shape index (κ3) is 2.21. The number of rotatable bonds is 3. The van der Waals surface area contributed by atoms with Gasteiger partial charge in [-0.2, -0.15) is 0 Å². The van der Waals surface area contributed by atoms with Gasteiger partial charge < -0.3 is 18.6 Å². The van der Waals surface area contributed by atoms with Gasteiger partial charge in [-0.05, 0) is 11.1 Å². The Hall–Kier alpha value is 0.267. The summed E-state index contributed by atoms with van der Waals surface area (Å²) in [5, 5.41) is 0. The smallest absolute Gasteiger partial charge is 0.380 e. The van der Waals surface area contributed by atoms with Gasteiger partial charge in [-0.3, -0.25) is 4.58 Å². The van der Waals surface area contributed by atoms with E-state index in [1.165, 1.54) is 0 Å². The predicted octanol–water partition coefficient (Wildman–Crippen LogP) is 2.30. The number of fused-ring (bicyclic) bond motifs is 2. The van der Waals surface area contributed by atoms with Gasteiger partial charge in [0.25, 0.3) is 0 Å². The van der Waals surface area contributed by atoms with E-state index >= 15 is 0 Å². The Kier molecular flexibility index (Phi) is 4.16. The number of epoxide rings is 1. The molecule has 3 aliphatic heterocycles. The highest BCUT2D eigenvalue weighted by Gasteiger charge is 2.76. The van der Waals surface area contributed by atoms with Crippen LogP contribution in [0.25, 0.3) is 0 Å². The van der Waals surface area contributed by atoms with Crippen molar-refractivity contribution in [2.24, 2.45) is 0 Å². The number of methoxy groups -OCH3 is 1. The van der Waals surface area contributed by atoms with Crippen molar-refractivity contribution in [3.63, 3.8) is 0 Å². The molecule has 0 radical (unpaired) electrons. The fourth-order valence-electron chi connectivity index (χ4n) is 3.32. The van der Waals surface area contributed by atoms with E-state index in [4.69, 9.17) is 39.7 Å². The van der Waals surface area contributed by atoms with Gasteiger partial charge in [0.2, 0.25) is 0 Å². The van der Waals surface area contributed by atoms with Crippen LogP contribution in [0.1, 0.15) is 27.7 Å². The number of hydrogen-bond acceptors (Lipinski definition) is 6. The highest BCUT2D eigenvalue weighted by atomic mass is 35.5. The van der Waals surface area contributed by atoms with E-state index in [0.717, 1.165) is 0 Å².